The summed E-state index contributed by atoms with van der Waals surface area (Å²) in [7, 11) is -2.97. The molecule has 1 N–H and O–H groups in total. The van der Waals surface area contributed by atoms with Crippen molar-refractivity contribution in [3.8, 4) is 0 Å². The highest BCUT2D eigenvalue weighted by molar-refractivity contribution is 7.91. The van der Waals surface area contributed by atoms with E-state index in [1.54, 1.807) is 11.8 Å². The summed E-state index contributed by atoms with van der Waals surface area (Å²) in [5.74, 6) is 0.257. The average Bonchev–Trinajstić information content (AvgIpc) is 2.59. The summed E-state index contributed by atoms with van der Waals surface area (Å²) in [5, 5.41) is 3.09. The molecule has 1 amide bonds. The van der Waals surface area contributed by atoms with Crippen LogP contribution in [-0.4, -0.2) is 56.4 Å². The van der Waals surface area contributed by atoms with E-state index in [4.69, 9.17) is 0 Å². The Bertz CT molecular complexity index is 340. The minimum atomic E-state index is -2.97. The molecule has 6 heteroatoms. The number of carbonyl (C=O) groups excluding carboxylic acids is 1. The first-order valence-electron chi connectivity index (χ1n) is 5.72. The Morgan fingerprint density at radius 3 is 2.69 bits per heavy atom. The summed E-state index contributed by atoms with van der Waals surface area (Å²) in [6.07, 6.45) is 0.777. The van der Waals surface area contributed by atoms with Gasteiger partial charge in [-0.3, -0.25) is 4.79 Å². The van der Waals surface area contributed by atoms with E-state index in [0.717, 1.165) is 13.0 Å². The van der Waals surface area contributed by atoms with Crippen LogP contribution in [0.2, 0.25) is 0 Å². The molecule has 1 aliphatic rings. The van der Waals surface area contributed by atoms with Crippen molar-refractivity contribution in [1.29, 1.82) is 0 Å². The van der Waals surface area contributed by atoms with Crippen LogP contribution in [0.25, 0.3) is 0 Å². The first kappa shape index (κ1) is 13.4. The van der Waals surface area contributed by atoms with Crippen LogP contribution in [0.5, 0.6) is 0 Å². The van der Waals surface area contributed by atoms with Crippen LogP contribution < -0.4 is 5.32 Å². The Labute approximate surface area is 97.1 Å². The van der Waals surface area contributed by atoms with Crippen molar-refractivity contribution in [2.24, 2.45) is 0 Å². The number of nitrogens with one attached hydrogen (secondary N) is 1. The Kier molecular flexibility index (Phi) is 4.73. The Balaban J connectivity index is 2.43. The molecule has 1 heterocycles. The van der Waals surface area contributed by atoms with E-state index in [0.29, 0.717) is 13.1 Å². The molecule has 1 saturated heterocycles. The minimum absolute atomic E-state index is 0.0353. The molecule has 0 bridgehead atoms. The monoisotopic (exact) mass is 248 g/mol. The van der Waals surface area contributed by atoms with Crippen LogP contribution in [0.4, 0.5) is 0 Å². The third-order valence-corrected chi connectivity index (χ3v) is 4.54. The number of carbonyl (C=O) groups is 1. The molecule has 1 aliphatic heterocycles. The fraction of sp³-hybridized carbons (Fsp3) is 0.900. The van der Waals surface area contributed by atoms with Gasteiger partial charge in [-0.2, -0.15) is 0 Å². The van der Waals surface area contributed by atoms with Gasteiger partial charge in [-0.1, -0.05) is 13.8 Å². The van der Waals surface area contributed by atoms with Gasteiger partial charge in [-0.15, -0.1) is 0 Å². The van der Waals surface area contributed by atoms with Crippen molar-refractivity contribution in [1.82, 2.24) is 10.2 Å². The zero-order valence-electron chi connectivity index (χ0n) is 9.90. The smallest absolute Gasteiger partial charge is 0.239 e. The van der Waals surface area contributed by atoms with E-state index < -0.39 is 9.84 Å². The van der Waals surface area contributed by atoms with Gasteiger partial charge in [0.2, 0.25) is 5.91 Å². The van der Waals surface area contributed by atoms with Crippen LogP contribution in [0.15, 0.2) is 0 Å². The average molecular weight is 248 g/mol. The predicted octanol–water partition coefficient (Wildman–Crippen LogP) is -0.368. The van der Waals surface area contributed by atoms with Gasteiger partial charge in [0.1, 0.15) is 0 Å². The van der Waals surface area contributed by atoms with Gasteiger partial charge in [-0.25, -0.2) is 8.42 Å². The lowest BCUT2D eigenvalue weighted by atomic mass is 10.2. The molecule has 1 rings (SSSR count). The van der Waals surface area contributed by atoms with Gasteiger partial charge in [-0.05, 0) is 13.0 Å². The topological polar surface area (TPSA) is 66.5 Å². The molecule has 1 unspecified atom stereocenters. The second-order valence-electron chi connectivity index (χ2n) is 3.96. The van der Waals surface area contributed by atoms with Gasteiger partial charge in [0, 0.05) is 18.8 Å². The molecular weight excluding hydrogens is 228 g/mol. The summed E-state index contributed by atoms with van der Waals surface area (Å²) >= 11 is 0. The molecule has 0 aromatic rings. The number of nitrogens with zero attached hydrogens (tertiary/aromatic N) is 1. The molecule has 5 nitrogen and oxygen atoms in total. The fourth-order valence-corrected chi connectivity index (χ4v) is 2.58. The molecule has 0 spiro atoms. The van der Waals surface area contributed by atoms with E-state index in [-0.39, 0.29) is 23.5 Å². The quantitative estimate of drug-likeness (QED) is 0.696. The van der Waals surface area contributed by atoms with Crippen molar-refractivity contribution in [3.63, 3.8) is 0 Å². The number of hydrogen-bond donors (Lipinski definition) is 1. The standard InChI is InChI=1S/C10H20N2O3S/c1-3-11-9-5-6-12(10(9)13)7-8-16(14,15)4-2/h9,11H,3-8H2,1-2H3. The van der Waals surface area contributed by atoms with Gasteiger partial charge in [0.05, 0.1) is 11.8 Å². The molecule has 1 fully saturated rings. The largest absolute Gasteiger partial charge is 0.340 e. The maximum atomic E-state index is 11.8. The number of hydrogen-bond acceptors (Lipinski definition) is 4. The maximum Gasteiger partial charge on any atom is 0.239 e. The number of amides is 1. The molecule has 0 aliphatic carbocycles. The van der Waals surface area contributed by atoms with Crippen molar-refractivity contribution in [2.75, 3.05) is 31.1 Å². The number of sulfone groups is 1. The third-order valence-electron chi connectivity index (χ3n) is 2.86. The van der Waals surface area contributed by atoms with Crippen LogP contribution in [-0.2, 0) is 14.6 Å². The van der Waals surface area contributed by atoms with E-state index in [9.17, 15) is 13.2 Å². The highest BCUT2D eigenvalue weighted by Gasteiger charge is 2.30. The summed E-state index contributed by atoms with van der Waals surface area (Å²) in [5.41, 5.74) is 0. The van der Waals surface area contributed by atoms with E-state index in [2.05, 4.69) is 5.32 Å². The molecule has 16 heavy (non-hydrogen) atoms. The van der Waals surface area contributed by atoms with Crippen molar-refractivity contribution in [2.45, 2.75) is 26.3 Å². The first-order chi connectivity index (χ1) is 7.50. The van der Waals surface area contributed by atoms with Gasteiger partial charge >= 0.3 is 0 Å². The molecule has 0 saturated carbocycles. The molecular formula is C10H20N2O3S. The third kappa shape index (κ3) is 3.45. The minimum Gasteiger partial charge on any atom is -0.340 e. The summed E-state index contributed by atoms with van der Waals surface area (Å²) in [6.45, 7) is 5.34. The molecule has 0 aromatic heterocycles. The Morgan fingerprint density at radius 1 is 1.44 bits per heavy atom. The van der Waals surface area contributed by atoms with Gasteiger partial charge < -0.3 is 10.2 Å². The lowest BCUT2D eigenvalue weighted by Gasteiger charge is -2.16. The van der Waals surface area contributed by atoms with E-state index >= 15 is 0 Å². The van der Waals surface area contributed by atoms with Crippen LogP contribution in [0.3, 0.4) is 0 Å². The van der Waals surface area contributed by atoms with Crippen molar-refractivity contribution < 1.29 is 13.2 Å². The summed E-state index contributed by atoms with van der Waals surface area (Å²) in [6, 6.07) is -0.116. The Hall–Kier alpha value is -0.620. The Morgan fingerprint density at radius 2 is 2.12 bits per heavy atom. The molecule has 0 radical (unpaired) electrons. The van der Waals surface area contributed by atoms with Crippen molar-refractivity contribution >= 4 is 15.7 Å². The highest BCUT2D eigenvalue weighted by atomic mass is 32.2. The fourth-order valence-electron chi connectivity index (χ4n) is 1.79. The SMILES string of the molecule is CCNC1CCN(CCS(=O)(=O)CC)C1=O. The van der Waals surface area contributed by atoms with Gasteiger partial charge in [0.25, 0.3) is 0 Å². The van der Waals surface area contributed by atoms with Crippen LogP contribution in [0, 0.1) is 0 Å². The molecule has 0 aromatic carbocycles. The number of likely N-dealkylation sites (tertiary alicyclic amines) is 1. The van der Waals surface area contributed by atoms with Crippen molar-refractivity contribution in [3.05, 3.63) is 0 Å². The van der Waals surface area contributed by atoms with E-state index in [1.807, 2.05) is 6.92 Å². The second kappa shape index (κ2) is 5.63. The summed E-state index contributed by atoms with van der Waals surface area (Å²) < 4.78 is 22.6. The molecule has 94 valence electrons. The lowest BCUT2D eigenvalue weighted by Crippen LogP contribution is -2.39. The normalized spacial score (nSPS) is 21.8. The zero-order valence-corrected chi connectivity index (χ0v) is 10.7. The molecule has 1 atom stereocenters. The van der Waals surface area contributed by atoms with Crippen LogP contribution >= 0.6 is 0 Å². The number of rotatable bonds is 6. The maximum absolute atomic E-state index is 11.8. The second-order valence-corrected chi connectivity index (χ2v) is 6.43. The van der Waals surface area contributed by atoms with Gasteiger partial charge in [0.15, 0.2) is 9.84 Å². The zero-order chi connectivity index (χ0) is 12.2. The number of likely N-dealkylation sites (N-methyl/N-ethyl adjacent to an activating group) is 1. The highest BCUT2D eigenvalue weighted by Crippen LogP contribution is 2.11. The predicted molar refractivity (Wildman–Crippen MR) is 63.0 cm³/mol. The van der Waals surface area contributed by atoms with Crippen LogP contribution in [0.1, 0.15) is 20.3 Å². The first-order valence-corrected chi connectivity index (χ1v) is 7.55. The van der Waals surface area contributed by atoms with E-state index in [1.165, 1.54) is 0 Å². The summed E-state index contributed by atoms with van der Waals surface area (Å²) in [4.78, 5) is 13.4. The lowest BCUT2D eigenvalue weighted by molar-refractivity contribution is -0.129.